The molecule has 0 aliphatic carbocycles. The van der Waals surface area contributed by atoms with E-state index in [1.165, 1.54) is 14.2 Å². The quantitative estimate of drug-likeness (QED) is 0.198. The molecular formula is C23H26NO10P. The minimum absolute atomic E-state index is 0.362. The molecule has 0 unspecified atom stereocenters. The maximum atomic E-state index is 11.0. The van der Waals surface area contributed by atoms with Crippen LogP contribution in [-0.2, 0) is 13.8 Å². The van der Waals surface area contributed by atoms with Crippen LogP contribution in [0.4, 0.5) is 0 Å². The largest absolute Gasteiger partial charge is 0.493 e. The maximum Gasteiger partial charge on any atom is 0.469 e. The van der Waals surface area contributed by atoms with Crippen molar-refractivity contribution >= 4 is 19.5 Å². The number of benzene rings is 2. The summed E-state index contributed by atoms with van der Waals surface area (Å²) in [6.07, 6.45) is -5.49. The van der Waals surface area contributed by atoms with Gasteiger partial charge in [-0.05, 0) is 41.0 Å². The second-order valence-electron chi connectivity index (χ2n) is 7.76. The third kappa shape index (κ3) is 6.46. The van der Waals surface area contributed by atoms with Gasteiger partial charge in [0.25, 0.3) is 0 Å². The highest BCUT2D eigenvalue weighted by molar-refractivity contribution is 7.46. The molecule has 1 aliphatic heterocycles. The molecule has 1 fully saturated rings. The number of allylic oxidation sites excluding steroid dienone is 1. The Morgan fingerprint density at radius 2 is 1.69 bits per heavy atom. The normalized spacial score (nSPS) is 25.1. The van der Waals surface area contributed by atoms with Gasteiger partial charge in [0.05, 0.1) is 32.5 Å². The summed E-state index contributed by atoms with van der Waals surface area (Å²) in [6.45, 7) is -0.691. The molecule has 0 bridgehead atoms. The van der Waals surface area contributed by atoms with Crippen molar-refractivity contribution in [3.63, 3.8) is 0 Å². The Labute approximate surface area is 201 Å². The lowest BCUT2D eigenvalue weighted by Crippen LogP contribution is -2.55. The van der Waals surface area contributed by atoms with E-state index in [9.17, 15) is 25.1 Å². The molecule has 5 atom stereocenters. The van der Waals surface area contributed by atoms with Crippen LogP contribution >= 0.6 is 7.82 Å². The van der Waals surface area contributed by atoms with Crippen LogP contribution in [-0.4, -0.2) is 70.3 Å². The number of phosphoric ester groups is 1. The number of methoxy groups -OCH3 is 2. The Balaban J connectivity index is 1.82. The van der Waals surface area contributed by atoms with E-state index in [1.54, 1.807) is 48.5 Å². The lowest BCUT2D eigenvalue weighted by atomic mass is 9.91. The van der Waals surface area contributed by atoms with E-state index in [1.807, 2.05) is 0 Å². The predicted molar refractivity (Wildman–Crippen MR) is 123 cm³/mol. The standard InChI is InChI=1S/C23H26NO10P/c1-31-17-8-7-15(10-18(17)32-2)16(11-24)9-13-3-5-14(6-4-13)23-22(27)21(26)20(25)19(34-23)12-33-35(28,29)30/h3-10,19-23,25-27H,12H2,1-2H3,(H2,28,29,30)/t19-,20-,21+,22-,23+/m1/s1. The minimum atomic E-state index is -4.83. The smallest absolute Gasteiger partial charge is 0.469 e. The summed E-state index contributed by atoms with van der Waals surface area (Å²) in [5.41, 5.74) is 2.07. The van der Waals surface area contributed by atoms with E-state index >= 15 is 0 Å². The Morgan fingerprint density at radius 3 is 2.26 bits per heavy atom. The SMILES string of the molecule is COc1ccc(C(C#N)=Cc2ccc([C@@H]3O[C@H](COP(=O)(O)O)[C@@H](O)[C@H](O)[C@H]3O)cc2)cc1OC. The monoisotopic (exact) mass is 507 g/mol. The molecule has 1 heterocycles. The number of nitriles is 1. The first-order chi connectivity index (χ1) is 16.6. The van der Waals surface area contributed by atoms with Gasteiger partial charge in [0, 0.05) is 0 Å². The molecule has 35 heavy (non-hydrogen) atoms. The highest BCUT2D eigenvalue weighted by Crippen LogP contribution is 2.39. The highest BCUT2D eigenvalue weighted by atomic mass is 31.2. The van der Waals surface area contributed by atoms with Crippen LogP contribution in [0.25, 0.3) is 11.6 Å². The molecule has 0 radical (unpaired) electrons. The summed E-state index contributed by atoms with van der Waals surface area (Å²) in [4.78, 5) is 17.8. The van der Waals surface area contributed by atoms with Gasteiger partial charge in [0.2, 0.25) is 0 Å². The van der Waals surface area contributed by atoms with Gasteiger partial charge in [-0.1, -0.05) is 24.3 Å². The Bertz CT molecular complexity index is 1140. The molecule has 3 rings (SSSR count). The minimum Gasteiger partial charge on any atom is -0.493 e. The molecule has 188 valence electrons. The van der Waals surface area contributed by atoms with Crippen LogP contribution in [0.3, 0.4) is 0 Å². The molecule has 2 aromatic rings. The number of phosphoric acid groups is 1. The zero-order valence-electron chi connectivity index (χ0n) is 18.9. The van der Waals surface area contributed by atoms with Crippen molar-refractivity contribution in [2.24, 2.45) is 0 Å². The fourth-order valence-corrected chi connectivity index (χ4v) is 4.01. The average Bonchev–Trinajstić information content (AvgIpc) is 2.85. The topological polar surface area (TPSA) is 179 Å². The van der Waals surface area contributed by atoms with Crippen LogP contribution in [0.5, 0.6) is 11.5 Å². The second-order valence-corrected chi connectivity index (χ2v) is 9.00. The van der Waals surface area contributed by atoms with E-state index in [-0.39, 0.29) is 0 Å². The molecule has 1 saturated heterocycles. The number of rotatable bonds is 8. The first kappa shape index (κ1) is 26.8. The highest BCUT2D eigenvalue weighted by Gasteiger charge is 2.44. The summed E-state index contributed by atoms with van der Waals surface area (Å²) in [7, 11) is -1.82. The predicted octanol–water partition coefficient (Wildman–Crippen LogP) is 1.40. The Hall–Kier alpha value is -2.78. The molecular weight excluding hydrogens is 481 g/mol. The third-order valence-corrected chi connectivity index (χ3v) is 6.00. The number of hydrogen-bond donors (Lipinski definition) is 5. The summed E-state index contributed by atoms with van der Waals surface area (Å²) in [6, 6.07) is 13.8. The summed E-state index contributed by atoms with van der Waals surface area (Å²) >= 11 is 0. The van der Waals surface area contributed by atoms with Gasteiger partial charge in [0.1, 0.15) is 30.5 Å². The molecule has 5 N–H and O–H groups in total. The van der Waals surface area contributed by atoms with Gasteiger partial charge in [0.15, 0.2) is 11.5 Å². The number of ether oxygens (including phenoxy) is 3. The van der Waals surface area contributed by atoms with Gasteiger partial charge in [-0.3, -0.25) is 4.52 Å². The Morgan fingerprint density at radius 1 is 1.03 bits per heavy atom. The van der Waals surface area contributed by atoms with Gasteiger partial charge in [-0.15, -0.1) is 0 Å². The summed E-state index contributed by atoms with van der Waals surface area (Å²) < 4.78 is 31.5. The lowest BCUT2D eigenvalue weighted by Gasteiger charge is -2.40. The Kier molecular flexibility index (Phi) is 8.66. The lowest BCUT2D eigenvalue weighted by molar-refractivity contribution is -0.230. The number of aliphatic hydroxyl groups excluding tert-OH is 3. The van der Waals surface area contributed by atoms with E-state index < -0.39 is 44.9 Å². The summed E-state index contributed by atoms with van der Waals surface area (Å²) in [5.74, 6) is 1.00. The van der Waals surface area contributed by atoms with E-state index in [4.69, 9.17) is 24.0 Å². The van der Waals surface area contributed by atoms with Crippen LogP contribution in [0, 0.1) is 11.3 Å². The first-order valence-electron chi connectivity index (χ1n) is 10.4. The van der Waals surface area contributed by atoms with Crippen LogP contribution in [0.15, 0.2) is 42.5 Å². The van der Waals surface area contributed by atoms with E-state index in [2.05, 4.69) is 10.6 Å². The van der Waals surface area contributed by atoms with E-state index in [0.29, 0.717) is 33.8 Å². The van der Waals surface area contributed by atoms with Crippen molar-refractivity contribution in [2.75, 3.05) is 20.8 Å². The number of hydrogen-bond acceptors (Lipinski definition) is 9. The average molecular weight is 507 g/mol. The number of nitrogens with zero attached hydrogens (tertiary/aromatic N) is 1. The van der Waals surface area contributed by atoms with Crippen molar-refractivity contribution in [3.8, 4) is 17.6 Å². The molecule has 0 amide bonds. The van der Waals surface area contributed by atoms with E-state index in [0.717, 1.165) is 0 Å². The van der Waals surface area contributed by atoms with Gasteiger partial charge < -0.3 is 39.3 Å². The molecule has 2 aromatic carbocycles. The van der Waals surface area contributed by atoms with Crippen LogP contribution in [0.2, 0.25) is 0 Å². The van der Waals surface area contributed by atoms with Crippen LogP contribution < -0.4 is 9.47 Å². The third-order valence-electron chi connectivity index (χ3n) is 5.51. The molecule has 11 nitrogen and oxygen atoms in total. The molecule has 0 saturated carbocycles. The molecule has 1 aliphatic rings. The van der Waals surface area contributed by atoms with Gasteiger partial charge in [-0.25, -0.2) is 4.57 Å². The zero-order chi connectivity index (χ0) is 25.8. The second kappa shape index (κ2) is 11.3. The van der Waals surface area contributed by atoms with Crippen LogP contribution in [0.1, 0.15) is 22.8 Å². The van der Waals surface area contributed by atoms with Crippen molar-refractivity contribution < 1.29 is 48.4 Å². The number of aliphatic hydroxyl groups is 3. The molecule has 12 heteroatoms. The van der Waals surface area contributed by atoms with Gasteiger partial charge >= 0.3 is 7.82 Å². The fraction of sp³-hybridized carbons (Fsp3) is 0.348. The maximum absolute atomic E-state index is 11.0. The van der Waals surface area contributed by atoms with Crippen molar-refractivity contribution in [1.82, 2.24) is 0 Å². The van der Waals surface area contributed by atoms with Gasteiger partial charge in [-0.2, -0.15) is 5.26 Å². The molecule has 0 aromatic heterocycles. The first-order valence-corrected chi connectivity index (χ1v) is 11.9. The van der Waals surface area contributed by atoms with Crippen molar-refractivity contribution in [2.45, 2.75) is 30.5 Å². The van der Waals surface area contributed by atoms with Crippen molar-refractivity contribution in [3.05, 3.63) is 59.2 Å². The molecule has 0 spiro atoms. The zero-order valence-corrected chi connectivity index (χ0v) is 19.8. The summed E-state index contributed by atoms with van der Waals surface area (Å²) in [5, 5.41) is 40.3. The van der Waals surface area contributed by atoms with Crippen molar-refractivity contribution in [1.29, 1.82) is 5.26 Å². The fourth-order valence-electron chi connectivity index (χ4n) is 3.67.